The lowest BCUT2D eigenvalue weighted by Gasteiger charge is -2.08. The molecule has 0 saturated carbocycles. The maximum Gasteiger partial charge on any atom is 0.251 e. The van der Waals surface area contributed by atoms with Crippen LogP contribution >= 0.6 is 15.9 Å². The number of benzene rings is 1. The van der Waals surface area contributed by atoms with E-state index >= 15 is 0 Å². The average Bonchev–Trinajstić information content (AvgIpc) is 2.91. The first kappa shape index (κ1) is 13.7. The number of nitrogens with zero attached hydrogens (tertiary/aromatic N) is 3. The average molecular weight is 323 g/mol. The van der Waals surface area contributed by atoms with Gasteiger partial charge in [-0.05, 0) is 31.0 Å². The number of nitrogens with one attached hydrogen (secondary N) is 1. The molecule has 0 bridgehead atoms. The summed E-state index contributed by atoms with van der Waals surface area (Å²) in [7, 11) is 0. The van der Waals surface area contributed by atoms with Gasteiger partial charge in [0.1, 0.15) is 0 Å². The Kier molecular flexibility index (Phi) is 4.68. The summed E-state index contributed by atoms with van der Waals surface area (Å²) in [6, 6.07) is 5.62. The summed E-state index contributed by atoms with van der Waals surface area (Å²) < 4.78 is 2.69. The molecule has 1 amide bonds. The molecule has 0 aliphatic carbocycles. The zero-order valence-electron chi connectivity index (χ0n) is 10.6. The molecule has 1 aromatic heterocycles. The number of hydrogen-bond acceptors (Lipinski definition) is 3. The van der Waals surface area contributed by atoms with Crippen molar-refractivity contribution in [2.24, 2.45) is 0 Å². The number of hydrogen-bond donors (Lipinski definition) is 1. The monoisotopic (exact) mass is 322 g/mol. The number of carbonyl (C=O) groups is 1. The maximum absolute atomic E-state index is 12.0. The van der Waals surface area contributed by atoms with Gasteiger partial charge in [0.15, 0.2) is 0 Å². The Morgan fingerprint density at radius 1 is 1.47 bits per heavy atom. The molecule has 0 saturated heterocycles. The molecule has 0 aliphatic rings. The van der Waals surface area contributed by atoms with Crippen LogP contribution in [-0.2, 0) is 6.54 Å². The van der Waals surface area contributed by atoms with Crippen LogP contribution in [0.25, 0.3) is 0 Å². The number of halogens is 1. The molecule has 2 rings (SSSR count). The standard InChI is InChI=1S/C13H15BrN4O/c1-10-11(4-2-5-12(10)14)13(19)15-6-3-8-18-9-7-16-17-18/h2,4-5,7,9H,3,6,8H2,1H3,(H,15,19). The van der Waals surface area contributed by atoms with Crippen LogP contribution < -0.4 is 5.32 Å². The highest BCUT2D eigenvalue weighted by Gasteiger charge is 2.09. The van der Waals surface area contributed by atoms with Gasteiger partial charge in [-0.25, -0.2) is 0 Å². The molecule has 0 atom stereocenters. The third kappa shape index (κ3) is 3.64. The normalized spacial score (nSPS) is 10.4. The molecule has 0 unspecified atom stereocenters. The molecule has 19 heavy (non-hydrogen) atoms. The van der Waals surface area contributed by atoms with Crippen LogP contribution in [-0.4, -0.2) is 27.4 Å². The Morgan fingerprint density at radius 3 is 3.05 bits per heavy atom. The minimum atomic E-state index is -0.0441. The lowest BCUT2D eigenvalue weighted by Crippen LogP contribution is -2.26. The fourth-order valence-corrected chi connectivity index (χ4v) is 2.11. The molecule has 1 heterocycles. The van der Waals surface area contributed by atoms with Gasteiger partial charge < -0.3 is 5.32 Å². The SMILES string of the molecule is Cc1c(Br)cccc1C(=O)NCCCn1ccnn1. The van der Waals surface area contributed by atoms with Crippen LogP contribution in [0.1, 0.15) is 22.3 Å². The molecule has 1 N–H and O–H groups in total. The molecule has 1 aromatic carbocycles. The minimum Gasteiger partial charge on any atom is -0.352 e. The van der Waals surface area contributed by atoms with E-state index in [1.165, 1.54) is 0 Å². The molecule has 6 heteroatoms. The second-order valence-electron chi connectivity index (χ2n) is 4.19. The predicted molar refractivity (Wildman–Crippen MR) is 75.9 cm³/mol. The van der Waals surface area contributed by atoms with Crippen LogP contribution in [0.5, 0.6) is 0 Å². The number of aromatic nitrogens is 3. The molecule has 0 radical (unpaired) electrons. The van der Waals surface area contributed by atoms with Crippen LogP contribution in [0.2, 0.25) is 0 Å². The zero-order chi connectivity index (χ0) is 13.7. The van der Waals surface area contributed by atoms with Gasteiger partial charge in [0.25, 0.3) is 5.91 Å². The summed E-state index contributed by atoms with van der Waals surface area (Å²) in [5.74, 6) is -0.0441. The number of rotatable bonds is 5. The van der Waals surface area contributed by atoms with E-state index in [-0.39, 0.29) is 5.91 Å². The third-order valence-electron chi connectivity index (χ3n) is 2.83. The molecule has 0 spiro atoms. The van der Waals surface area contributed by atoms with Gasteiger partial charge in [-0.1, -0.05) is 27.2 Å². The van der Waals surface area contributed by atoms with Gasteiger partial charge in [0.05, 0.1) is 6.20 Å². The maximum atomic E-state index is 12.0. The Labute approximate surface area is 120 Å². The van der Waals surface area contributed by atoms with Crippen molar-refractivity contribution in [2.45, 2.75) is 19.9 Å². The number of carbonyl (C=O) groups excluding carboxylic acids is 1. The number of aryl methyl sites for hydroxylation is 1. The smallest absolute Gasteiger partial charge is 0.251 e. The quantitative estimate of drug-likeness (QED) is 0.858. The van der Waals surface area contributed by atoms with Crippen molar-refractivity contribution in [2.75, 3.05) is 6.54 Å². The third-order valence-corrected chi connectivity index (χ3v) is 3.69. The molecular formula is C13H15BrN4O. The van der Waals surface area contributed by atoms with Crippen molar-refractivity contribution in [3.8, 4) is 0 Å². The Morgan fingerprint density at radius 2 is 2.32 bits per heavy atom. The molecule has 5 nitrogen and oxygen atoms in total. The van der Waals surface area contributed by atoms with Crippen molar-refractivity contribution >= 4 is 21.8 Å². The van der Waals surface area contributed by atoms with Gasteiger partial charge in [0, 0.05) is 29.3 Å². The van der Waals surface area contributed by atoms with Gasteiger partial charge >= 0.3 is 0 Å². The van der Waals surface area contributed by atoms with E-state index < -0.39 is 0 Å². The van der Waals surface area contributed by atoms with Crippen molar-refractivity contribution < 1.29 is 4.79 Å². The topological polar surface area (TPSA) is 59.8 Å². The molecule has 100 valence electrons. The van der Waals surface area contributed by atoms with Gasteiger partial charge in [-0.3, -0.25) is 9.48 Å². The van der Waals surface area contributed by atoms with Gasteiger partial charge in [-0.15, -0.1) is 5.10 Å². The van der Waals surface area contributed by atoms with Gasteiger partial charge in [0.2, 0.25) is 0 Å². The first-order chi connectivity index (χ1) is 9.18. The van der Waals surface area contributed by atoms with E-state index in [1.807, 2.05) is 25.1 Å². The second-order valence-corrected chi connectivity index (χ2v) is 5.04. The largest absolute Gasteiger partial charge is 0.352 e. The lowest BCUT2D eigenvalue weighted by molar-refractivity contribution is 0.0952. The molecule has 0 fully saturated rings. The van der Waals surface area contributed by atoms with E-state index in [2.05, 4.69) is 31.6 Å². The summed E-state index contributed by atoms with van der Waals surface area (Å²) in [6.45, 7) is 3.29. The highest BCUT2D eigenvalue weighted by Crippen LogP contribution is 2.19. The van der Waals surface area contributed by atoms with Crippen molar-refractivity contribution in [1.82, 2.24) is 20.3 Å². The van der Waals surface area contributed by atoms with Crippen molar-refractivity contribution in [1.29, 1.82) is 0 Å². The van der Waals surface area contributed by atoms with E-state index in [1.54, 1.807) is 17.1 Å². The van der Waals surface area contributed by atoms with Crippen LogP contribution in [0.4, 0.5) is 0 Å². The minimum absolute atomic E-state index is 0.0441. The van der Waals surface area contributed by atoms with Crippen LogP contribution in [0.15, 0.2) is 35.1 Å². The van der Waals surface area contributed by atoms with Gasteiger partial charge in [-0.2, -0.15) is 0 Å². The summed E-state index contributed by atoms with van der Waals surface area (Å²) in [6.07, 6.45) is 4.27. The van der Waals surface area contributed by atoms with Crippen LogP contribution in [0, 0.1) is 6.92 Å². The van der Waals surface area contributed by atoms with E-state index in [4.69, 9.17) is 0 Å². The Hall–Kier alpha value is -1.69. The summed E-state index contributed by atoms with van der Waals surface area (Å²) in [5.41, 5.74) is 1.66. The predicted octanol–water partition coefficient (Wildman–Crippen LogP) is 2.17. The molecular weight excluding hydrogens is 308 g/mol. The number of amides is 1. The van der Waals surface area contributed by atoms with E-state index in [0.29, 0.717) is 12.1 Å². The zero-order valence-corrected chi connectivity index (χ0v) is 12.2. The Balaban J connectivity index is 1.83. The fraction of sp³-hybridized carbons (Fsp3) is 0.308. The molecule has 2 aromatic rings. The summed E-state index contributed by atoms with van der Waals surface area (Å²) >= 11 is 3.42. The fourth-order valence-electron chi connectivity index (χ4n) is 1.74. The van der Waals surface area contributed by atoms with Crippen molar-refractivity contribution in [3.05, 3.63) is 46.2 Å². The summed E-state index contributed by atoms with van der Waals surface area (Å²) in [5, 5.41) is 10.5. The van der Waals surface area contributed by atoms with E-state index in [9.17, 15) is 4.79 Å². The van der Waals surface area contributed by atoms with Crippen molar-refractivity contribution in [3.63, 3.8) is 0 Å². The highest BCUT2D eigenvalue weighted by molar-refractivity contribution is 9.10. The first-order valence-corrected chi connectivity index (χ1v) is 6.85. The Bertz CT molecular complexity index is 554. The second kappa shape index (κ2) is 6.47. The summed E-state index contributed by atoms with van der Waals surface area (Å²) in [4.78, 5) is 12.0. The molecule has 0 aliphatic heterocycles. The van der Waals surface area contributed by atoms with E-state index in [0.717, 1.165) is 23.0 Å². The van der Waals surface area contributed by atoms with Crippen LogP contribution in [0.3, 0.4) is 0 Å². The lowest BCUT2D eigenvalue weighted by atomic mass is 10.1. The first-order valence-electron chi connectivity index (χ1n) is 6.06. The highest BCUT2D eigenvalue weighted by atomic mass is 79.9.